The molecule has 3 heterocycles. The number of rotatable bonds is 3. The van der Waals surface area contributed by atoms with E-state index in [9.17, 15) is 0 Å². The quantitative estimate of drug-likeness (QED) is 0.567. The molecule has 0 radical (unpaired) electrons. The molecule has 162 valence electrons. The molecule has 3 fully saturated rings. The average Bonchev–Trinajstić information content (AvgIpc) is 3.13. The van der Waals surface area contributed by atoms with Crippen molar-refractivity contribution in [2.75, 3.05) is 13.1 Å². The van der Waals surface area contributed by atoms with Gasteiger partial charge in [-0.3, -0.25) is 4.98 Å². The van der Waals surface area contributed by atoms with E-state index in [1.807, 2.05) is 6.20 Å². The van der Waals surface area contributed by atoms with Crippen LogP contribution in [0.5, 0.6) is 0 Å². The number of piperidine rings is 1. The van der Waals surface area contributed by atoms with Gasteiger partial charge in [0.15, 0.2) is 5.82 Å². The number of nitrogens with zero attached hydrogens (tertiary/aromatic N) is 5. The minimum atomic E-state index is 0.478. The van der Waals surface area contributed by atoms with E-state index in [1.54, 1.807) is 12.4 Å². The Labute approximate surface area is 184 Å². The van der Waals surface area contributed by atoms with Crippen LogP contribution in [0.3, 0.4) is 0 Å². The van der Waals surface area contributed by atoms with Crippen LogP contribution in [-0.4, -0.2) is 43.6 Å². The van der Waals surface area contributed by atoms with Crippen molar-refractivity contribution in [3.8, 4) is 11.5 Å². The first-order chi connectivity index (χ1) is 15.3. The third kappa shape index (κ3) is 3.78. The molecule has 0 N–H and O–H groups in total. The van der Waals surface area contributed by atoms with Gasteiger partial charge in [0.1, 0.15) is 5.69 Å². The molecule has 31 heavy (non-hydrogen) atoms. The zero-order valence-corrected chi connectivity index (χ0v) is 18.4. The summed E-state index contributed by atoms with van der Waals surface area (Å²) in [6.07, 6.45) is 18.0. The van der Waals surface area contributed by atoms with Crippen molar-refractivity contribution in [1.29, 1.82) is 0 Å². The van der Waals surface area contributed by atoms with Crippen LogP contribution < -0.4 is 0 Å². The van der Waals surface area contributed by atoms with Crippen molar-refractivity contribution >= 4 is 11.0 Å². The SMILES string of the molecule is c1ccc2c(c1)nc(-c1cnccn1)n2C1CCN([C@@H]2C[C@@H]3CCCC[C@@H](C3)C2)CC1. The highest BCUT2D eigenvalue weighted by Crippen LogP contribution is 2.41. The highest BCUT2D eigenvalue weighted by molar-refractivity contribution is 5.80. The van der Waals surface area contributed by atoms with Crippen LogP contribution in [0.15, 0.2) is 42.9 Å². The zero-order chi connectivity index (χ0) is 20.6. The molecule has 2 saturated carbocycles. The second kappa shape index (κ2) is 8.34. The van der Waals surface area contributed by atoms with Crippen LogP contribution in [0.25, 0.3) is 22.6 Å². The Morgan fingerprint density at radius 2 is 1.58 bits per heavy atom. The van der Waals surface area contributed by atoms with Crippen LogP contribution in [0.2, 0.25) is 0 Å². The van der Waals surface area contributed by atoms with Crippen LogP contribution in [-0.2, 0) is 0 Å². The monoisotopic (exact) mass is 415 g/mol. The van der Waals surface area contributed by atoms with Gasteiger partial charge in [-0.15, -0.1) is 0 Å². The molecular formula is C26H33N5. The van der Waals surface area contributed by atoms with E-state index in [4.69, 9.17) is 4.98 Å². The maximum Gasteiger partial charge on any atom is 0.161 e. The molecule has 0 spiro atoms. The highest BCUT2D eigenvalue weighted by atomic mass is 15.2. The average molecular weight is 416 g/mol. The van der Waals surface area contributed by atoms with Gasteiger partial charge in [-0.05, 0) is 56.1 Å². The van der Waals surface area contributed by atoms with Crippen LogP contribution in [0, 0.1) is 11.8 Å². The lowest BCUT2D eigenvalue weighted by Gasteiger charge is -2.43. The predicted molar refractivity (Wildman–Crippen MR) is 124 cm³/mol. The third-order valence-electron chi connectivity index (χ3n) is 8.12. The molecule has 1 saturated heterocycles. The van der Waals surface area contributed by atoms with E-state index in [0.717, 1.165) is 34.9 Å². The highest BCUT2D eigenvalue weighted by Gasteiger charge is 2.35. The second-order valence-corrected chi connectivity index (χ2v) is 10.0. The number of hydrogen-bond donors (Lipinski definition) is 0. The number of fused-ring (bicyclic) bond motifs is 3. The van der Waals surface area contributed by atoms with Crippen LogP contribution in [0.1, 0.15) is 63.8 Å². The van der Waals surface area contributed by atoms with Crippen molar-refractivity contribution < 1.29 is 0 Å². The summed E-state index contributed by atoms with van der Waals surface area (Å²) < 4.78 is 2.46. The minimum absolute atomic E-state index is 0.478. The van der Waals surface area contributed by atoms with Gasteiger partial charge in [0.2, 0.25) is 0 Å². The lowest BCUT2D eigenvalue weighted by molar-refractivity contribution is 0.0719. The van der Waals surface area contributed by atoms with Crippen LogP contribution in [0.4, 0.5) is 0 Å². The zero-order valence-electron chi connectivity index (χ0n) is 18.4. The maximum atomic E-state index is 4.96. The normalized spacial score (nSPS) is 27.9. The Kier molecular flexibility index (Phi) is 5.23. The van der Waals surface area contributed by atoms with Crippen molar-refractivity contribution in [2.24, 2.45) is 11.8 Å². The molecule has 0 unspecified atom stereocenters. The molecule has 3 aliphatic rings. The first-order valence-electron chi connectivity index (χ1n) is 12.3. The van der Waals surface area contributed by atoms with Gasteiger partial charge in [0.05, 0.1) is 17.2 Å². The van der Waals surface area contributed by atoms with E-state index in [-0.39, 0.29) is 0 Å². The summed E-state index contributed by atoms with van der Waals surface area (Å²) >= 11 is 0. The largest absolute Gasteiger partial charge is 0.319 e. The molecule has 1 aromatic carbocycles. The van der Waals surface area contributed by atoms with E-state index >= 15 is 0 Å². The second-order valence-electron chi connectivity index (χ2n) is 10.0. The Morgan fingerprint density at radius 1 is 0.806 bits per heavy atom. The Bertz CT molecular complexity index is 1010. The van der Waals surface area contributed by atoms with E-state index in [0.29, 0.717) is 6.04 Å². The van der Waals surface area contributed by atoms with Crippen molar-refractivity contribution in [1.82, 2.24) is 24.4 Å². The lowest BCUT2D eigenvalue weighted by atomic mass is 9.77. The molecular weight excluding hydrogens is 382 g/mol. The first-order valence-corrected chi connectivity index (χ1v) is 12.3. The number of hydrogen-bond acceptors (Lipinski definition) is 4. The summed E-state index contributed by atoms with van der Waals surface area (Å²) in [5, 5.41) is 0. The fourth-order valence-corrected chi connectivity index (χ4v) is 6.68. The number of likely N-dealkylation sites (tertiary alicyclic amines) is 1. The molecule has 3 aromatic rings. The molecule has 1 aliphatic heterocycles. The maximum absolute atomic E-state index is 4.96. The Balaban J connectivity index is 1.24. The van der Waals surface area contributed by atoms with Crippen LogP contribution >= 0.6 is 0 Å². The molecule has 6 rings (SSSR count). The summed E-state index contributed by atoms with van der Waals surface area (Å²) in [7, 11) is 0. The molecule has 2 bridgehead atoms. The first kappa shape index (κ1) is 19.4. The number of imidazole rings is 1. The van der Waals surface area contributed by atoms with Crippen molar-refractivity contribution in [3.05, 3.63) is 42.9 Å². The van der Waals surface area contributed by atoms with Gasteiger partial charge < -0.3 is 9.47 Å². The summed E-state index contributed by atoms with van der Waals surface area (Å²) in [5.41, 5.74) is 3.16. The van der Waals surface area contributed by atoms with Gasteiger partial charge >= 0.3 is 0 Å². The fraction of sp³-hybridized carbons (Fsp3) is 0.577. The minimum Gasteiger partial charge on any atom is -0.319 e. The van der Waals surface area contributed by atoms with E-state index in [2.05, 4.69) is 43.7 Å². The van der Waals surface area contributed by atoms with Gasteiger partial charge in [-0.2, -0.15) is 0 Å². The van der Waals surface area contributed by atoms with Crippen molar-refractivity contribution in [3.63, 3.8) is 0 Å². The summed E-state index contributed by atoms with van der Waals surface area (Å²) in [4.78, 5) is 16.7. The molecule has 2 aliphatic carbocycles. The van der Waals surface area contributed by atoms with Gasteiger partial charge in [0.25, 0.3) is 0 Å². The number of para-hydroxylation sites is 2. The summed E-state index contributed by atoms with van der Waals surface area (Å²) in [5.74, 6) is 2.95. The molecule has 0 amide bonds. The van der Waals surface area contributed by atoms with E-state index < -0.39 is 0 Å². The number of aromatic nitrogens is 4. The van der Waals surface area contributed by atoms with Crippen molar-refractivity contribution in [2.45, 2.75) is 69.9 Å². The Hall–Kier alpha value is -2.27. The fourth-order valence-electron chi connectivity index (χ4n) is 6.68. The molecule has 3 atom stereocenters. The lowest BCUT2D eigenvalue weighted by Crippen LogP contribution is -2.45. The topological polar surface area (TPSA) is 46.8 Å². The van der Waals surface area contributed by atoms with E-state index in [1.165, 1.54) is 76.4 Å². The standard InChI is InChI=1S/C26H33N5/c1-2-6-20-15-19(5-1)16-22(17-20)30-13-9-21(10-14-30)31-25-8-4-3-7-23(25)29-26(31)24-18-27-11-12-28-24/h3-4,7-8,11-12,18-22H,1-2,5-6,9-10,13-17H2/t19-,20+,22-. The Morgan fingerprint density at radius 3 is 2.32 bits per heavy atom. The summed E-state index contributed by atoms with van der Waals surface area (Å²) in [6.45, 7) is 2.42. The number of benzene rings is 1. The predicted octanol–water partition coefficient (Wildman–Crippen LogP) is 5.49. The third-order valence-corrected chi connectivity index (χ3v) is 8.12. The molecule has 2 aromatic heterocycles. The molecule has 5 heteroatoms. The van der Waals surface area contributed by atoms with Gasteiger partial charge in [-0.25, -0.2) is 9.97 Å². The van der Waals surface area contributed by atoms with Gasteiger partial charge in [0, 0.05) is 37.6 Å². The van der Waals surface area contributed by atoms with Gasteiger partial charge in [-0.1, -0.05) is 37.8 Å². The smallest absolute Gasteiger partial charge is 0.161 e. The summed E-state index contributed by atoms with van der Waals surface area (Å²) in [6, 6.07) is 9.82. The molecule has 5 nitrogen and oxygen atoms in total.